The number of carboxylic acid groups (broad SMARTS) is 1. The van der Waals surface area contributed by atoms with Crippen LogP contribution in [0.25, 0.3) is 0 Å². The van der Waals surface area contributed by atoms with E-state index >= 15 is 0 Å². The first-order chi connectivity index (χ1) is 18.8. The maximum absolute atomic E-state index is 13.5. The summed E-state index contributed by atoms with van der Waals surface area (Å²) in [5.41, 5.74) is 1.44. The number of benzene rings is 2. The average molecular weight is 553 g/mol. The second-order valence-corrected chi connectivity index (χ2v) is 11.0. The van der Waals surface area contributed by atoms with Crippen molar-refractivity contribution in [1.82, 2.24) is 4.90 Å². The van der Waals surface area contributed by atoms with E-state index in [9.17, 15) is 19.2 Å². The molecular weight excluding hydrogens is 512 g/mol. The summed E-state index contributed by atoms with van der Waals surface area (Å²) in [6.45, 7) is 7.70. The van der Waals surface area contributed by atoms with E-state index in [0.29, 0.717) is 36.4 Å². The lowest BCUT2D eigenvalue weighted by Crippen LogP contribution is -2.52. The molecule has 11 heteroatoms. The van der Waals surface area contributed by atoms with Crippen molar-refractivity contribution >= 4 is 40.8 Å². The Bertz CT molecular complexity index is 1230. The Kier molecular flexibility index (Phi) is 9.88. The van der Waals surface area contributed by atoms with Gasteiger partial charge in [0.2, 0.25) is 5.91 Å². The number of nitrogens with one attached hydrogen (secondary N) is 1. The third kappa shape index (κ3) is 7.36. The van der Waals surface area contributed by atoms with E-state index in [1.54, 1.807) is 55.1 Å². The summed E-state index contributed by atoms with van der Waals surface area (Å²) in [5, 5.41) is 14.1. The molecule has 2 aromatic rings. The van der Waals surface area contributed by atoms with Gasteiger partial charge in [-0.25, -0.2) is 26.5 Å². The highest BCUT2D eigenvalue weighted by Gasteiger charge is 2.41. The summed E-state index contributed by atoms with van der Waals surface area (Å²) in [4.78, 5) is 51.8. The topological polar surface area (TPSA) is 162 Å². The van der Waals surface area contributed by atoms with Crippen molar-refractivity contribution in [3.8, 4) is 0 Å². The average Bonchev–Trinajstić information content (AvgIpc) is 3.40. The molecule has 2 atom stereocenters. The van der Waals surface area contributed by atoms with E-state index in [1.165, 1.54) is 0 Å². The number of rotatable bonds is 11. The second-order valence-electron chi connectivity index (χ2n) is 11.0. The molecule has 1 aliphatic heterocycles. The van der Waals surface area contributed by atoms with E-state index < -0.39 is 23.6 Å². The Morgan fingerprint density at radius 3 is 2.35 bits per heavy atom. The van der Waals surface area contributed by atoms with Crippen LogP contribution in [0, 0.1) is 12.8 Å². The zero-order valence-corrected chi connectivity index (χ0v) is 23.6. The zero-order valence-electron chi connectivity index (χ0n) is 23.6. The van der Waals surface area contributed by atoms with Crippen molar-refractivity contribution < 1.29 is 24.3 Å². The molecule has 2 aromatic carbocycles. The summed E-state index contributed by atoms with van der Waals surface area (Å²) in [5.74, 6) is 10.9. The maximum Gasteiger partial charge on any atom is 0.357 e. The second kappa shape index (κ2) is 12.9. The smallest absolute Gasteiger partial charge is 0.357 e. The molecule has 1 heterocycles. The number of aliphatic carboxylic acids is 1. The summed E-state index contributed by atoms with van der Waals surface area (Å²) >= 11 is 0. The highest BCUT2D eigenvalue weighted by atomic mass is 16.4. The van der Waals surface area contributed by atoms with Gasteiger partial charge in [0.05, 0.1) is 23.0 Å². The Labute approximate surface area is 235 Å². The molecule has 216 valence electrons. The molecule has 6 N–H and O–H groups in total. The van der Waals surface area contributed by atoms with Crippen LogP contribution in [0.4, 0.5) is 21.9 Å². The van der Waals surface area contributed by atoms with Crippen LogP contribution in [-0.4, -0.2) is 51.8 Å². The van der Waals surface area contributed by atoms with Gasteiger partial charge >= 0.3 is 12.0 Å². The molecule has 0 radical (unpaired) electrons. The largest absolute Gasteiger partial charge is 0.481 e. The minimum Gasteiger partial charge on any atom is -0.481 e. The molecule has 40 heavy (non-hydrogen) atoms. The number of carboxylic acids is 1. The number of anilines is 3. The third-order valence-electron chi connectivity index (χ3n) is 7.26. The normalized spacial score (nSPS) is 15.8. The standard InChI is InChI=1S/C29H40N6O5/c1-19(18-26(37)38)11-16-25(36)33-17-7-10-24(33)27(39)29(3,4)32-21-12-14-22(15-13-21)34(30)28(40)35(31)23-9-6-5-8-20(23)2/h5-6,8-9,12-15,19,24,32H,7,10-11,16-18,30-31H2,1-4H3,(H,37,38)/t19?,24-/m0/s1. The van der Waals surface area contributed by atoms with Gasteiger partial charge < -0.3 is 15.3 Å². The minimum absolute atomic E-state index is 0.0125. The fraction of sp³-hybridized carbons (Fsp3) is 0.448. The van der Waals surface area contributed by atoms with Crippen molar-refractivity contribution in [3.63, 3.8) is 0 Å². The fourth-order valence-corrected chi connectivity index (χ4v) is 4.96. The lowest BCUT2D eigenvalue weighted by atomic mass is 9.91. The van der Waals surface area contributed by atoms with Gasteiger partial charge in [-0.15, -0.1) is 0 Å². The van der Waals surface area contributed by atoms with Gasteiger partial charge in [0, 0.05) is 25.1 Å². The number of amides is 3. The van der Waals surface area contributed by atoms with E-state index in [-0.39, 0.29) is 30.4 Å². The third-order valence-corrected chi connectivity index (χ3v) is 7.26. The monoisotopic (exact) mass is 552 g/mol. The molecule has 0 aliphatic carbocycles. The predicted octanol–water partition coefficient (Wildman–Crippen LogP) is 3.82. The number of ketones is 1. The van der Waals surface area contributed by atoms with E-state index in [1.807, 2.05) is 26.0 Å². The molecule has 1 unspecified atom stereocenters. The van der Waals surface area contributed by atoms with Crippen LogP contribution in [0.3, 0.4) is 0 Å². The minimum atomic E-state index is -0.983. The molecule has 11 nitrogen and oxygen atoms in total. The van der Waals surface area contributed by atoms with Crippen LogP contribution < -0.4 is 27.0 Å². The quantitative estimate of drug-likeness (QED) is 0.186. The van der Waals surface area contributed by atoms with Gasteiger partial charge in [-0.3, -0.25) is 14.4 Å². The number of hydrogen-bond donors (Lipinski definition) is 4. The highest BCUT2D eigenvalue weighted by Crippen LogP contribution is 2.28. The molecule has 3 rings (SSSR count). The van der Waals surface area contributed by atoms with Crippen molar-refractivity contribution in [2.45, 2.75) is 71.4 Å². The molecular formula is C29H40N6O5. The predicted molar refractivity (Wildman–Crippen MR) is 154 cm³/mol. The van der Waals surface area contributed by atoms with Crippen LogP contribution in [0.1, 0.15) is 58.4 Å². The molecule has 1 fully saturated rings. The first kappa shape index (κ1) is 30.6. The van der Waals surface area contributed by atoms with E-state index in [4.69, 9.17) is 16.8 Å². The van der Waals surface area contributed by atoms with Crippen molar-refractivity contribution in [2.75, 3.05) is 21.9 Å². The number of nitrogens with zero attached hydrogens (tertiary/aromatic N) is 3. The SMILES string of the molecule is Cc1ccccc1N(N)C(=O)N(N)c1ccc(NC(C)(C)C(=O)[C@@H]2CCCN2C(=O)CCC(C)CC(=O)O)cc1. The highest BCUT2D eigenvalue weighted by molar-refractivity contribution is 6.02. The number of likely N-dealkylation sites (tertiary alicyclic amines) is 1. The lowest BCUT2D eigenvalue weighted by Gasteiger charge is -2.33. The summed E-state index contributed by atoms with van der Waals surface area (Å²) in [6, 6.07) is 12.8. The van der Waals surface area contributed by atoms with Crippen molar-refractivity contribution in [3.05, 3.63) is 54.1 Å². The molecule has 0 aromatic heterocycles. The zero-order chi connectivity index (χ0) is 29.6. The van der Waals surface area contributed by atoms with Gasteiger partial charge in [0.25, 0.3) is 0 Å². The van der Waals surface area contributed by atoms with Crippen LogP contribution >= 0.6 is 0 Å². The molecule has 0 spiro atoms. The van der Waals surface area contributed by atoms with Crippen molar-refractivity contribution in [1.29, 1.82) is 0 Å². The van der Waals surface area contributed by atoms with Crippen LogP contribution in [0.5, 0.6) is 0 Å². The number of nitrogens with two attached hydrogens (primary N) is 2. The number of hydrogen-bond acceptors (Lipinski definition) is 7. The van der Waals surface area contributed by atoms with Crippen LogP contribution in [0.2, 0.25) is 0 Å². The Morgan fingerprint density at radius 1 is 1.07 bits per heavy atom. The lowest BCUT2D eigenvalue weighted by molar-refractivity contribution is -0.140. The number of urea groups is 1. The number of carbonyl (C=O) groups excluding carboxylic acids is 3. The molecule has 0 bridgehead atoms. The molecule has 3 amide bonds. The fourth-order valence-electron chi connectivity index (χ4n) is 4.96. The molecule has 1 aliphatic rings. The number of aryl methyl sites for hydroxylation is 1. The number of hydrazine groups is 2. The van der Waals surface area contributed by atoms with Gasteiger partial charge in [-0.2, -0.15) is 0 Å². The summed E-state index contributed by atoms with van der Waals surface area (Å²) < 4.78 is 0. The Hall–Kier alpha value is -3.96. The van der Waals surface area contributed by atoms with Gasteiger partial charge in [0.1, 0.15) is 0 Å². The summed E-state index contributed by atoms with van der Waals surface area (Å²) in [7, 11) is 0. The Balaban J connectivity index is 1.62. The van der Waals surface area contributed by atoms with E-state index in [0.717, 1.165) is 22.0 Å². The number of para-hydroxylation sites is 1. The first-order valence-corrected chi connectivity index (χ1v) is 13.4. The Morgan fingerprint density at radius 2 is 1.73 bits per heavy atom. The maximum atomic E-state index is 13.5. The van der Waals surface area contributed by atoms with Gasteiger partial charge in [-0.1, -0.05) is 25.1 Å². The van der Waals surface area contributed by atoms with Crippen LogP contribution in [-0.2, 0) is 14.4 Å². The van der Waals surface area contributed by atoms with Gasteiger partial charge in [0.15, 0.2) is 5.78 Å². The van der Waals surface area contributed by atoms with Gasteiger partial charge in [-0.05, 0) is 81.8 Å². The van der Waals surface area contributed by atoms with Crippen LogP contribution in [0.15, 0.2) is 48.5 Å². The summed E-state index contributed by atoms with van der Waals surface area (Å²) in [6.07, 6.45) is 2.01. The van der Waals surface area contributed by atoms with E-state index in [2.05, 4.69) is 5.32 Å². The number of carbonyl (C=O) groups is 4. The number of Topliss-reactive ketones (excluding diaryl/α,β-unsaturated/α-hetero) is 1. The first-order valence-electron chi connectivity index (χ1n) is 13.4. The van der Waals surface area contributed by atoms with Crippen molar-refractivity contribution in [2.24, 2.45) is 17.6 Å². The molecule has 1 saturated heterocycles. The molecule has 0 saturated carbocycles.